The second kappa shape index (κ2) is 3.19. The van der Waals surface area contributed by atoms with Crippen molar-refractivity contribution in [1.29, 1.82) is 0 Å². The summed E-state index contributed by atoms with van der Waals surface area (Å²) in [5.41, 5.74) is 1.13. The number of sulfone groups is 1. The Morgan fingerprint density at radius 1 is 1.25 bits per heavy atom. The number of hydrogen-bond acceptors (Lipinski definition) is 2. The zero-order chi connectivity index (χ0) is 9.19. The Balaban J connectivity index is 3.09. The van der Waals surface area contributed by atoms with Crippen molar-refractivity contribution in [3.63, 3.8) is 0 Å². The molecule has 0 heterocycles. The van der Waals surface area contributed by atoms with Gasteiger partial charge in [0.2, 0.25) is 0 Å². The fourth-order valence-corrected chi connectivity index (χ4v) is 1.48. The number of benzene rings is 1. The number of hydrogen-bond donors (Lipinski definition) is 0. The average Bonchev–Trinajstić information content (AvgIpc) is 2.03. The van der Waals surface area contributed by atoms with Crippen LogP contribution in [0, 0.1) is 6.26 Å². The highest BCUT2D eigenvalue weighted by Gasteiger charge is 2.12. The molecule has 0 aliphatic heterocycles. The van der Waals surface area contributed by atoms with Crippen molar-refractivity contribution in [2.45, 2.75) is 18.2 Å². The molecule has 0 amide bonds. The van der Waals surface area contributed by atoms with E-state index in [4.69, 9.17) is 0 Å². The van der Waals surface area contributed by atoms with Gasteiger partial charge in [-0.2, -0.15) is 8.42 Å². The Kier molecular flexibility index (Phi) is 2.43. The molecule has 0 saturated carbocycles. The highest BCUT2D eigenvalue weighted by atomic mass is 32.2. The van der Waals surface area contributed by atoms with E-state index in [1.165, 1.54) is 0 Å². The van der Waals surface area contributed by atoms with Gasteiger partial charge in [-0.15, -0.1) is 0 Å². The van der Waals surface area contributed by atoms with Gasteiger partial charge in [-0.25, -0.2) is 0 Å². The standard InChI is InChI=1S/C9H11O2S/c1-3-8-4-6-9(7-5-8)12(2,10)11/h4-7H,2-3H2,1H3/q+1. The molecule has 1 aromatic rings. The minimum absolute atomic E-state index is 0.278. The molecule has 3 heteroatoms. The van der Waals surface area contributed by atoms with Crippen molar-refractivity contribution in [1.82, 2.24) is 0 Å². The molecule has 64 valence electrons. The molecular weight excluding hydrogens is 172 g/mol. The van der Waals surface area contributed by atoms with Gasteiger partial charge in [-0.1, -0.05) is 19.1 Å². The van der Waals surface area contributed by atoms with Gasteiger partial charge in [-0.3, -0.25) is 0 Å². The van der Waals surface area contributed by atoms with Crippen LogP contribution in [0.25, 0.3) is 0 Å². The van der Waals surface area contributed by atoms with Gasteiger partial charge in [0.1, 0.15) is 4.90 Å². The van der Waals surface area contributed by atoms with Crippen LogP contribution in [0.3, 0.4) is 0 Å². The van der Waals surface area contributed by atoms with E-state index in [-0.39, 0.29) is 4.90 Å². The lowest BCUT2D eigenvalue weighted by Gasteiger charge is -1.95. The molecule has 0 radical (unpaired) electrons. The first-order valence-electron chi connectivity index (χ1n) is 3.71. The van der Waals surface area contributed by atoms with E-state index in [9.17, 15) is 8.42 Å². The van der Waals surface area contributed by atoms with E-state index >= 15 is 0 Å². The summed E-state index contributed by atoms with van der Waals surface area (Å²) in [6.45, 7) is 2.02. The maximum absolute atomic E-state index is 10.9. The van der Waals surface area contributed by atoms with E-state index < -0.39 is 9.84 Å². The summed E-state index contributed by atoms with van der Waals surface area (Å²) in [5, 5.41) is 0. The third-order valence-electron chi connectivity index (χ3n) is 1.69. The molecule has 0 spiro atoms. The first kappa shape index (κ1) is 9.13. The molecule has 1 rings (SSSR count). The van der Waals surface area contributed by atoms with Gasteiger partial charge in [0.05, 0.1) is 0 Å². The van der Waals surface area contributed by atoms with Crippen molar-refractivity contribution in [2.75, 3.05) is 0 Å². The van der Waals surface area contributed by atoms with Gasteiger partial charge < -0.3 is 0 Å². The van der Waals surface area contributed by atoms with Crippen LogP contribution in [0.2, 0.25) is 0 Å². The van der Waals surface area contributed by atoms with Crippen LogP contribution in [0.1, 0.15) is 12.5 Å². The van der Waals surface area contributed by atoms with Crippen molar-refractivity contribution in [2.24, 2.45) is 0 Å². The lowest BCUT2D eigenvalue weighted by molar-refractivity contribution is 0.604. The smallest absolute Gasteiger partial charge is 0.178 e. The minimum atomic E-state index is -3.28. The second-order valence-electron chi connectivity index (χ2n) is 2.61. The maximum atomic E-state index is 10.9. The minimum Gasteiger partial charge on any atom is -0.178 e. The van der Waals surface area contributed by atoms with E-state index in [2.05, 4.69) is 6.26 Å². The van der Waals surface area contributed by atoms with Crippen molar-refractivity contribution < 1.29 is 8.42 Å². The summed E-state index contributed by atoms with van der Waals surface area (Å²) in [7, 11) is -3.28. The fraction of sp³-hybridized carbons (Fsp3) is 0.222. The largest absolute Gasteiger partial charge is 0.319 e. The first-order valence-corrected chi connectivity index (χ1v) is 5.36. The third kappa shape index (κ3) is 2.01. The summed E-state index contributed by atoms with van der Waals surface area (Å²) >= 11 is 0. The van der Waals surface area contributed by atoms with Crippen molar-refractivity contribution >= 4 is 9.84 Å². The van der Waals surface area contributed by atoms with Crippen LogP contribution in [0.5, 0.6) is 0 Å². The van der Waals surface area contributed by atoms with E-state index in [1.54, 1.807) is 24.3 Å². The second-order valence-corrected chi connectivity index (χ2v) is 4.31. The van der Waals surface area contributed by atoms with Crippen LogP contribution < -0.4 is 0 Å². The summed E-state index contributed by atoms with van der Waals surface area (Å²) in [5.74, 6) is 0. The molecule has 2 nitrogen and oxygen atoms in total. The van der Waals surface area contributed by atoms with Crippen LogP contribution in [-0.2, 0) is 16.3 Å². The quantitative estimate of drug-likeness (QED) is 0.655. The Bertz CT molecular complexity index is 349. The normalized spacial score (nSPS) is 11.4. The monoisotopic (exact) mass is 183 g/mol. The molecule has 12 heavy (non-hydrogen) atoms. The molecule has 1 aromatic carbocycles. The zero-order valence-electron chi connectivity index (χ0n) is 6.95. The summed E-state index contributed by atoms with van der Waals surface area (Å²) < 4.78 is 21.8. The molecular formula is C9H11O2S+. The summed E-state index contributed by atoms with van der Waals surface area (Å²) in [6.07, 6.45) is 3.98. The van der Waals surface area contributed by atoms with Crippen molar-refractivity contribution in [3.05, 3.63) is 36.1 Å². The van der Waals surface area contributed by atoms with Gasteiger partial charge in [-0.05, 0) is 24.1 Å². The van der Waals surface area contributed by atoms with Crippen molar-refractivity contribution in [3.8, 4) is 0 Å². The fourth-order valence-electron chi connectivity index (χ4n) is 0.932. The van der Waals surface area contributed by atoms with Gasteiger partial charge in [0.25, 0.3) is 0 Å². The predicted octanol–water partition coefficient (Wildman–Crippen LogP) is 1.81. The molecule has 0 atom stereocenters. The van der Waals surface area contributed by atoms with Crippen LogP contribution in [-0.4, -0.2) is 8.42 Å². The number of rotatable bonds is 2. The molecule has 0 aromatic heterocycles. The van der Waals surface area contributed by atoms with Gasteiger partial charge in [0, 0.05) is 0 Å². The molecule has 0 fully saturated rings. The molecule has 0 aliphatic rings. The van der Waals surface area contributed by atoms with E-state index in [1.807, 2.05) is 6.92 Å². The van der Waals surface area contributed by atoms with E-state index in [0.717, 1.165) is 12.0 Å². The first-order chi connectivity index (χ1) is 5.54. The van der Waals surface area contributed by atoms with Crippen LogP contribution in [0.15, 0.2) is 29.2 Å². The Morgan fingerprint density at radius 3 is 2.08 bits per heavy atom. The van der Waals surface area contributed by atoms with E-state index in [0.29, 0.717) is 0 Å². The van der Waals surface area contributed by atoms with Crippen LogP contribution >= 0.6 is 0 Å². The SMILES string of the molecule is [CH2+]S(=O)(=O)c1ccc(CC)cc1. The van der Waals surface area contributed by atoms with Crippen LogP contribution in [0.4, 0.5) is 0 Å². The molecule has 0 saturated heterocycles. The van der Waals surface area contributed by atoms with Gasteiger partial charge in [0.15, 0.2) is 6.26 Å². The number of aryl methyl sites for hydroxylation is 1. The highest BCUT2D eigenvalue weighted by molar-refractivity contribution is 7.92. The Labute approximate surface area is 73.2 Å². The lowest BCUT2D eigenvalue weighted by atomic mass is 10.2. The summed E-state index contributed by atoms with van der Waals surface area (Å²) in [6, 6.07) is 6.78. The molecule has 0 bridgehead atoms. The van der Waals surface area contributed by atoms with Gasteiger partial charge >= 0.3 is 9.84 Å². The maximum Gasteiger partial charge on any atom is 0.319 e. The molecule has 0 aliphatic carbocycles. The lowest BCUT2D eigenvalue weighted by Crippen LogP contribution is -1.93. The molecule has 0 unspecified atom stereocenters. The topological polar surface area (TPSA) is 34.1 Å². The zero-order valence-corrected chi connectivity index (χ0v) is 7.76. The predicted molar refractivity (Wildman–Crippen MR) is 48.4 cm³/mol. The summed E-state index contributed by atoms with van der Waals surface area (Å²) in [4.78, 5) is 0.278. The Morgan fingerprint density at radius 2 is 1.75 bits per heavy atom. The third-order valence-corrected chi connectivity index (χ3v) is 2.68. The molecule has 0 N–H and O–H groups in total. The Hall–Kier alpha value is -0.960. The highest BCUT2D eigenvalue weighted by Crippen LogP contribution is 2.11. The average molecular weight is 183 g/mol.